The number of aryl methyl sites for hydroxylation is 2. The summed E-state index contributed by atoms with van der Waals surface area (Å²) in [4.78, 5) is 12.2. The largest absolute Gasteiger partial charge is 0.368 e. The molecule has 1 N–H and O–H groups in total. The van der Waals surface area contributed by atoms with Gasteiger partial charge in [0.15, 0.2) is 15.6 Å². The molecule has 17 heavy (non-hydrogen) atoms. The van der Waals surface area contributed by atoms with Crippen molar-refractivity contribution < 1.29 is 14.3 Å². The van der Waals surface area contributed by atoms with Gasteiger partial charge < -0.3 is 14.0 Å². The van der Waals surface area contributed by atoms with Crippen LogP contribution in [0.25, 0.3) is 0 Å². The summed E-state index contributed by atoms with van der Waals surface area (Å²) < 4.78 is 11.9. The lowest BCUT2D eigenvalue weighted by Gasteiger charge is -2.21. The van der Waals surface area contributed by atoms with Crippen LogP contribution in [0, 0.1) is 13.8 Å². The first-order chi connectivity index (χ1) is 8.01. The van der Waals surface area contributed by atoms with Crippen LogP contribution in [0.1, 0.15) is 21.7 Å². The van der Waals surface area contributed by atoms with Gasteiger partial charge >= 0.3 is 0 Å². The summed E-state index contributed by atoms with van der Waals surface area (Å²) in [7, 11) is 3.97. The van der Waals surface area contributed by atoms with E-state index in [0.717, 1.165) is 11.4 Å². The van der Waals surface area contributed by atoms with E-state index in [1.807, 2.05) is 13.8 Å². The Morgan fingerprint density at radius 1 is 1.41 bits per heavy atom. The zero-order chi connectivity index (χ0) is 13.0. The van der Waals surface area contributed by atoms with Crippen molar-refractivity contribution >= 4 is 15.6 Å². The molecule has 1 rings (SSSR count). The van der Waals surface area contributed by atoms with Crippen LogP contribution in [-0.2, 0) is 9.47 Å². The van der Waals surface area contributed by atoms with E-state index >= 15 is 0 Å². The predicted octanol–water partition coefficient (Wildman–Crippen LogP) is -0.241. The zero-order valence-electron chi connectivity index (χ0n) is 10.9. The molecule has 0 unspecified atom stereocenters. The number of nitrogens with one attached hydrogen (secondary N) is 1. The monoisotopic (exact) mass is 257 g/mol. The van der Waals surface area contributed by atoms with Gasteiger partial charge in [-0.1, -0.05) is 0 Å². The molecule has 1 amide bonds. The molecule has 0 aromatic carbocycles. The fourth-order valence-corrected chi connectivity index (χ4v) is 2.68. The quantitative estimate of drug-likeness (QED) is 0.584. The molecule has 0 saturated heterocycles. The van der Waals surface area contributed by atoms with Crippen molar-refractivity contribution in [2.75, 3.05) is 21.3 Å². The van der Waals surface area contributed by atoms with Gasteiger partial charge in [0.05, 0.1) is 11.3 Å². The Morgan fingerprint density at radius 2 is 2.00 bits per heavy atom. The normalized spacial score (nSPS) is 11.6. The molecule has 0 aliphatic heterocycles. The van der Waals surface area contributed by atoms with Crippen LogP contribution in [0.3, 0.4) is 0 Å². The molecule has 0 aliphatic rings. The van der Waals surface area contributed by atoms with Gasteiger partial charge in [0.1, 0.15) is 0 Å². The van der Waals surface area contributed by atoms with Crippen LogP contribution in [0.2, 0.25) is 0 Å². The van der Waals surface area contributed by atoms with Gasteiger partial charge in [0.25, 0.3) is 0 Å². The lowest BCUT2D eigenvalue weighted by molar-refractivity contribution is -0.0473. The maximum Gasteiger partial charge on any atom is 0.249 e. The maximum atomic E-state index is 12.2. The highest BCUT2D eigenvalue weighted by atomic mass is 28.2. The number of rotatable bonds is 5. The third-order valence-electron chi connectivity index (χ3n) is 2.64. The first-order valence-electron chi connectivity index (χ1n) is 5.33. The molecular formula is C10H19N3O3Si. The van der Waals surface area contributed by atoms with E-state index in [4.69, 9.17) is 9.47 Å². The third kappa shape index (κ3) is 3.15. The van der Waals surface area contributed by atoms with E-state index in [1.54, 1.807) is 25.8 Å². The zero-order valence-corrected chi connectivity index (χ0v) is 12.3. The van der Waals surface area contributed by atoms with Crippen molar-refractivity contribution in [1.82, 2.24) is 14.8 Å². The Hall–Kier alpha value is -1.18. The van der Waals surface area contributed by atoms with E-state index in [2.05, 4.69) is 10.2 Å². The van der Waals surface area contributed by atoms with E-state index in [1.165, 1.54) is 0 Å². The number of carbonyl (C=O) groups is 1. The van der Waals surface area contributed by atoms with Crippen LogP contribution < -0.4 is 0 Å². The SMILES string of the molecule is COC(OC)[SiH2]N(C)C(=O)c1c(C)n[nH]c1C. The number of hydrogen-bond acceptors (Lipinski definition) is 4. The number of ether oxygens (including phenoxy) is 2. The molecule has 1 aromatic rings. The molecular weight excluding hydrogens is 238 g/mol. The number of amides is 1. The second-order valence-electron chi connectivity index (χ2n) is 3.90. The predicted molar refractivity (Wildman–Crippen MR) is 66.5 cm³/mol. The van der Waals surface area contributed by atoms with Gasteiger partial charge in [-0.25, -0.2) is 0 Å². The van der Waals surface area contributed by atoms with Gasteiger partial charge in [0.2, 0.25) is 5.91 Å². The third-order valence-corrected chi connectivity index (χ3v) is 4.44. The van der Waals surface area contributed by atoms with Crippen LogP contribution in [0.4, 0.5) is 0 Å². The smallest absolute Gasteiger partial charge is 0.249 e. The lowest BCUT2D eigenvalue weighted by atomic mass is 10.2. The second-order valence-corrected chi connectivity index (χ2v) is 5.88. The van der Waals surface area contributed by atoms with Crippen LogP contribution in [0.15, 0.2) is 0 Å². The fourth-order valence-electron chi connectivity index (χ4n) is 1.61. The summed E-state index contributed by atoms with van der Waals surface area (Å²) in [6.45, 7) is 3.66. The molecule has 0 fully saturated rings. The van der Waals surface area contributed by atoms with E-state index in [0.29, 0.717) is 5.56 Å². The van der Waals surface area contributed by atoms with Crippen LogP contribution in [-0.4, -0.2) is 57.5 Å². The number of hydrogen-bond donors (Lipinski definition) is 1. The van der Waals surface area contributed by atoms with Crippen molar-refractivity contribution in [2.45, 2.75) is 19.8 Å². The molecule has 0 spiro atoms. The highest BCUT2D eigenvalue weighted by Gasteiger charge is 2.21. The molecule has 0 saturated carbocycles. The summed E-state index contributed by atoms with van der Waals surface area (Å²) in [5.74, 6) is -0.309. The molecule has 1 heterocycles. The van der Waals surface area contributed by atoms with Crippen molar-refractivity contribution in [3.05, 3.63) is 17.0 Å². The number of nitrogens with zero attached hydrogens (tertiary/aromatic N) is 2. The minimum absolute atomic E-state index is 0.0282. The average molecular weight is 257 g/mol. The number of aromatic nitrogens is 2. The number of methoxy groups -OCH3 is 2. The Kier molecular flexibility index (Phi) is 4.85. The molecule has 7 heteroatoms. The number of aromatic amines is 1. The molecule has 1 aromatic heterocycles. The van der Waals surface area contributed by atoms with Crippen molar-refractivity contribution in [2.24, 2.45) is 0 Å². The Labute approximate surface area is 103 Å². The lowest BCUT2D eigenvalue weighted by Crippen LogP contribution is -2.39. The van der Waals surface area contributed by atoms with Crippen molar-refractivity contribution in [3.63, 3.8) is 0 Å². The van der Waals surface area contributed by atoms with Crippen LogP contribution in [0.5, 0.6) is 0 Å². The van der Waals surface area contributed by atoms with Crippen molar-refractivity contribution in [3.8, 4) is 0 Å². The molecule has 0 atom stereocenters. The maximum absolute atomic E-state index is 12.2. The van der Waals surface area contributed by atoms with E-state index in [9.17, 15) is 4.79 Å². The average Bonchev–Trinajstić information content (AvgIpc) is 2.64. The summed E-state index contributed by atoms with van der Waals surface area (Å²) in [6, 6.07) is 0. The molecule has 0 bridgehead atoms. The number of carbonyl (C=O) groups excluding carboxylic acids is 1. The van der Waals surface area contributed by atoms with E-state index in [-0.39, 0.29) is 11.8 Å². The van der Waals surface area contributed by atoms with Crippen LogP contribution >= 0.6 is 0 Å². The summed E-state index contributed by atoms with van der Waals surface area (Å²) >= 11 is 0. The van der Waals surface area contributed by atoms with Gasteiger partial charge in [-0.05, 0) is 13.8 Å². The van der Waals surface area contributed by atoms with Gasteiger partial charge in [0, 0.05) is 27.0 Å². The molecule has 96 valence electrons. The van der Waals surface area contributed by atoms with E-state index < -0.39 is 9.68 Å². The Morgan fingerprint density at radius 3 is 2.41 bits per heavy atom. The molecule has 6 nitrogen and oxygen atoms in total. The standard InChI is InChI=1S/C10H19N3O3Si/c1-6-8(7(2)12-11-6)9(14)13(3)17-10(15-4)16-5/h10H,17H2,1-5H3,(H,11,12). The van der Waals surface area contributed by atoms with Gasteiger partial charge in [-0.15, -0.1) is 0 Å². The van der Waals surface area contributed by atoms with Gasteiger partial charge in [-0.3, -0.25) is 9.89 Å². The second kappa shape index (κ2) is 5.94. The summed E-state index contributed by atoms with van der Waals surface area (Å²) in [5.41, 5.74) is 2.16. The minimum Gasteiger partial charge on any atom is -0.368 e. The first kappa shape index (κ1) is 13.9. The molecule has 0 radical (unpaired) electrons. The Bertz CT molecular complexity index is 371. The minimum atomic E-state index is -0.954. The van der Waals surface area contributed by atoms with Crippen molar-refractivity contribution in [1.29, 1.82) is 0 Å². The molecule has 0 aliphatic carbocycles. The van der Waals surface area contributed by atoms with Gasteiger partial charge in [-0.2, -0.15) is 5.10 Å². The highest BCUT2D eigenvalue weighted by Crippen LogP contribution is 2.11. The summed E-state index contributed by atoms with van der Waals surface area (Å²) in [6.07, 6.45) is 0. The summed E-state index contributed by atoms with van der Waals surface area (Å²) in [5, 5.41) is 6.83. The fraction of sp³-hybridized carbons (Fsp3) is 0.600. The Balaban J connectivity index is 2.77. The highest BCUT2D eigenvalue weighted by molar-refractivity contribution is 6.39. The number of H-pyrrole nitrogens is 1. The first-order valence-corrected chi connectivity index (χ1v) is 6.78. The topological polar surface area (TPSA) is 67.5 Å².